The van der Waals surface area contributed by atoms with Gasteiger partial charge in [0.2, 0.25) is 0 Å². The van der Waals surface area contributed by atoms with Gasteiger partial charge in [0.15, 0.2) is 11.5 Å². The monoisotopic (exact) mass is 433 g/mol. The van der Waals surface area contributed by atoms with Gasteiger partial charge < -0.3 is 23.9 Å². The fraction of sp³-hybridized carbons (Fsp3) is 0.200. The number of Topliss-reactive ketones (excluding diaryl/α,β-unsaturated/α-hetero) is 1. The molecule has 0 saturated heterocycles. The van der Waals surface area contributed by atoms with Crippen molar-refractivity contribution in [2.24, 2.45) is 0 Å². The highest BCUT2D eigenvalue weighted by atomic mass is 16.5. The van der Waals surface area contributed by atoms with E-state index in [0.717, 1.165) is 0 Å². The van der Waals surface area contributed by atoms with Crippen molar-refractivity contribution in [2.75, 3.05) is 20.8 Å². The molecule has 7 heteroatoms. The van der Waals surface area contributed by atoms with Crippen LogP contribution in [0.3, 0.4) is 0 Å². The topological polar surface area (TPSA) is 89.2 Å². The number of ketones is 1. The molecule has 164 valence electrons. The number of furan rings is 1. The van der Waals surface area contributed by atoms with Crippen molar-refractivity contribution >= 4 is 11.7 Å². The summed E-state index contributed by atoms with van der Waals surface area (Å²) in [5, 5.41) is 10.8. The lowest BCUT2D eigenvalue weighted by Crippen LogP contribution is -2.33. The molecule has 1 amide bonds. The Morgan fingerprint density at radius 1 is 1.03 bits per heavy atom. The lowest BCUT2D eigenvalue weighted by molar-refractivity contribution is -0.129. The summed E-state index contributed by atoms with van der Waals surface area (Å²) < 4.78 is 16.0. The van der Waals surface area contributed by atoms with E-state index in [2.05, 4.69) is 0 Å². The molecule has 0 spiro atoms. The van der Waals surface area contributed by atoms with Gasteiger partial charge in [-0.15, -0.1) is 0 Å². The Balaban J connectivity index is 1.76. The van der Waals surface area contributed by atoms with Crippen molar-refractivity contribution in [1.29, 1.82) is 0 Å². The Morgan fingerprint density at radius 3 is 2.44 bits per heavy atom. The van der Waals surface area contributed by atoms with Gasteiger partial charge in [0.05, 0.1) is 32.1 Å². The minimum Gasteiger partial charge on any atom is -0.503 e. The Hall–Kier alpha value is -4.00. The summed E-state index contributed by atoms with van der Waals surface area (Å²) in [6.45, 7) is 0.249. The summed E-state index contributed by atoms with van der Waals surface area (Å²) in [6.07, 6.45) is 1.99. The molecular weight excluding hydrogens is 410 g/mol. The van der Waals surface area contributed by atoms with Gasteiger partial charge >= 0.3 is 0 Å². The van der Waals surface area contributed by atoms with Crippen molar-refractivity contribution < 1.29 is 28.6 Å². The van der Waals surface area contributed by atoms with Crippen LogP contribution in [0.2, 0.25) is 0 Å². The van der Waals surface area contributed by atoms with Crippen LogP contribution in [-0.4, -0.2) is 42.5 Å². The van der Waals surface area contributed by atoms with E-state index < -0.39 is 23.5 Å². The zero-order valence-corrected chi connectivity index (χ0v) is 17.8. The molecule has 0 aliphatic carbocycles. The normalized spacial score (nSPS) is 15.9. The third-order valence-electron chi connectivity index (χ3n) is 5.51. The number of aliphatic hydroxyl groups is 1. The van der Waals surface area contributed by atoms with E-state index in [9.17, 15) is 14.7 Å². The largest absolute Gasteiger partial charge is 0.503 e. The minimum absolute atomic E-state index is 0.0177. The molecular formula is C25H23NO6. The number of rotatable bonds is 8. The number of nitrogens with zero attached hydrogens (tertiary/aromatic N) is 1. The molecule has 1 unspecified atom stereocenters. The standard InChI is InChI=1S/C25H23NO6/c1-30-17-11-9-16(10-12-17)23(27)21-22(19-7-3-4-8-20(19)31-2)26(25(29)24(21)28)14-13-18-6-5-15-32-18/h3-12,15,22,28H,13-14H2,1-2H3. The molecule has 1 N–H and O–H groups in total. The minimum atomic E-state index is -0.803. The first kappa shape index (κ1) is 21.2. The van der Waals surface area contributed by atoms with Crippen molar-refractivity contribution in [2.45, 2.75) is 12.5 Å². The molecule has 1 atom stereocenters. The van der Waals surface area contributed by atoms with Gasteiger partial charge in [0.25, 0.3) is 5.91 Å². The van der Waals surface area contributed by atoms with Crippen molar-refractivity contribution in [3.63, 3.8) is 0 Å². The molecule has 1 aliphatic rings. The number of aliphatic hydroxyl groups excluding tert-OH is 1. The highest BCUT2D eigenvalue weighted by Crippen LogP contribution is 2.42. The van der Waals surface area contributed by atoms with E-state index in [4.69, 9.17) is 13.9 Å². The summed E-state index contributed by atoms with van der Waals surface area (Å²) in [4.78, 5) is 28.0. The number of para-hydroxylation sites is 1. The second-order valence-electron chi connectivity index (χ2n) is 7.29. The van der Waals surface area contributed by atoms with Crippen LogP contribution in [0.4, 0.5) is 0 Å². The molecule has 0 radical (unpaired) electrons. The van der Waals surface area contributed by atoms with Crippen LogP contribution >= 0.6 is 0 Å². The Kier molecular flexibility index (Phi) is 5.98. The maximum atomic E-state index is 13.5. The number of amides is 1. The number of hydrogen-bond donors (Lipinski definition) is 1. The number of carbonyl (C=O) groups is 2. The predicted molar refractivity (Wildman–Crippen MR) is 117 cm³/mol. The average Bonchev–Trinajstić information content (AvgIpc) is 3.44. The molecule has 0 fully saturated rings. The molecule has 4 rings (SSSR count). The number of hydrogen-bond acceptors (Lipinski definition) is 6. The maximum Gasteiger partial charge on any atom is 0.290 e. The molecule has 1 aromatic heterocycles. The first-order chi connectivity index (χ1) is 15.5. The highest BCUT2D eigenvalue weighted by Gasteiger charge is 2.44. The van der Waals surface area contributed by atoms with Crippen LogP contribution in [0.15, 0.2) is 82.7 Å². The van der Waals surface area contributed by atoms with Gasteiger partial charge in [-0.2, -0.15) is 0 Å². The number of methoxy groups -OCH3 is 2. The summed E-state index contributed by atoms with van der Waals surface area (Å²) >= 11 is 0. The van der Waals surface area contributed by atoms with Gasteiger partial charge in [-0.25, -0.2) is 0 Å². The second-order valence-corrected chi connectivity index (χ2v) is 7.29. The molecule has 2 aromatic carbocycles. The van der Waals surface area contributed by atoms with Crippen molar-refractivity contribution in [1.82, 2.24) is 4.90 Å². The number of ether oxygens (including phenoxy) is 2. The van der Waals surface area contributed by atoms with E-state index in [1.165, 1.54) is 19.1 Å². The second kappa shape index (κ2) is 9.01. The molecule has 0 saturated carbocycles. The van der Waals surface area contributed by atoms with Gasteiger partial charge in [0, 0.05) is 24.1 Å². The fourth-order valence-corrected chi connectivity index (χ4v) is 3.92. The maximum absolute atomic E-state index is 13.5. The third-order valence-corrected chi connectivity index (χ3v) is 5.51. The van der Waals surface area contributed by atoms with E-state index >= 15 is 0 Å². The van der Waals surface area contributed by atoms with Gasteiger partial charge in [-0.05, 0) is 42.5 Å². The van der Waals surface area contributed by atoms with Crippen LogP contribution in [0.5, 0.6) is 11.5 Å². The molecule has 2 heterocycles. The van der Waals surface area contributed by atoms with Crippen molar-refractivity contribution in [3.8, 4) is 11.5 Å². The molecule has 3 aromatic rings. The Bertz CT molecular complexity index is 1150. The van der Waals surface area contributed by atoms with Crippen LogP contribution in [0, 0.1) is 0 Å². The summed E-state index contributed by atoms with van der Waals surface area (Å²) in [7, 11) is 3.06. The van der Waals surface area contributed by atoms with E-state index in [1.807, 2.05) is 6.07 Å². The molecule has 0 bridgehead atoms. The summed E-state index contributed by atoms with van der Waals surface area (Å²) in [5.74, 6) is 0.220. The lowest BCUT2D eigenvalue weighted by Gasteiger charge is -2.27. The van der Waals surface area contributed by atoms with Crippen LogP contribution in [-0.2, 0) is 11.2 Å². The summed E-state index contributed by atoms with van der Waals surface area (Å²) in [5.41, 5.74) is 0.973. The molecule has 1 aliphatic heterocycles. The smallest absolute Gasteiger partial charge is 0.290 e. The van der Waals surface area contributed by atoms with E-state index in [1.54, 1.807) is 60.9 Å². The van der Waals surface area contributed by atoms with Gasteiger partial charge in [-0.1, -0.05) is 18.2 Å². The van der Waals surface area contributed by atoms with Crippen molar-refractivity contribution in [3.05, 3.63) is 95.1 Å². The average molecular weight is 433 g/mol. The summed E-state index contributed by atoms with van der Waals surface area (Å²) in [6, 6.07) is 16.5. The molecule has 7 nitrogen and oxygen atoms in total. The fourth-order valence-electron chi connectivity index (χ4n) is 3.92. The number of benzene rings is 2. The first-order valence-corrected chi connectivity index (χ1v) is 10.1. The zero-order chi connectivity index (χ0) is 22.7. The van der Waals surface area contributed by atoms with Gasteiger partial charge in [0.1, 0.15) is 17.3 Å². The van der Waals surface area contributed by atoms with Crippen LogP contribution in [0.1, 0.15) is 27.7 Å². The molecule has 32 heavy (non-hydrogen) atoms. The first-order valence-electron chi connectivity index (χ1n) is 10.1. The van der Waals surface area contributed by atoms with E-state index in [0.29, 0.717) is 34.8 Å². The third kappa shape index (κ3) is 3.85. The Morgan fingerprint density at radius 2 is 1.78 bits per heavy atom. The number of carbonyl (C=O) groups excluding carboxylic acids is 2. The highest BCUT2D eigenvalue weighted by molar-refractivity contribution is 6.16. The van der Waals surface area contributed by atoms with E-state index in [-0.39, 0.29) is 12.1 Å². The zero-order valence-electron chi connectivity index (χ0n) is 17.8. The van der Waals surface area contributed by atoms with Crippen LogP contribution in [0.25, 0.3) is 0 Å². The predicted octanol–water partition coefficient (Wildman–Crippen LogP) is 4.12. The quantitative estimate of drug-likeness (QED) is 0.538. The lowest BCUT2D eigenvalue weighted by atomic mass is 9.92. The SMILES string of the molecule is COc1ccc(C(=O)C2=C(O)C(=O)N(CCc3ccco3)C2c2ccccc2OC)cc1. The van der Waals surface area contributed by atoms with Crippen LogP contribution < -0.4 is 9.47 Å². The Labute approximate surface area is 185 Å². The van der Waals surface area contributed by atoms with Gasteiger partial charge in [-0.3, -0.25) is 9.59 Å².